The van der Waals surface area contributed by atoms with E-state index in [9.17, 15) is 19.5 Å². The highest BCUT2D eigenvalue weighted by atomic mass is 19.1. The number of allylic oxidation sites excluding steroid dienone is 2. The molecular weight excluding hydrogens is 890 g/mol. The van der Waals surface area contributed by atoms with E-state index in [1.165, 1.54) is 22.8 Å². The molecule has 71 heavy (non-hydrogen) atoms. The van der Waals surface area contributed by atoms with Crippen molar-refractivity contribution in [2.24, 2.45) is 17.6 Å². The standard InChI is InChI=1S/C60H66FN5O5/c61-51-37-45(39-54-60(70)66-41-55(46-29-31-49(67)32-30-46)63-53(59(66)65-54)38-44-23-13-7-14-24-44)28-33-56(51)71-34-18-4-2-1-3-15-26-48(58(62)69)40-57(68)64-52-27-17-8-16-25-47(35-42-19-9-5-10-20-42)50(52)36-43-21-11-6-12-22-43/h5-7,9-14,19-24,28-33,37,41,47-48,63,67H,1-4,8,15-18,25-27,34-36,38-40H2,(H2,62,69)(H,64,68)/b52-50+. The van der Waals surface area contributed by atoms with Crippen molar-refractivity contribution in [1.82, 2.24) is 19.9 Å². The topological polar surface area (TPSA) is 152 Å². The molecule has 1 aliphatic carbocycles. The van der Waals surface area contributed by atoms with Crippen LogP contribution in [0.15, 0.2) is 156 Å². The normalized spacial score (nSPS) is 15.5. The van der Waals surface area contributed by atoms with E-state index in [2.05, 4.69) is 58.8 Å². The summed E-state index contributed by atoms with van der Waals surface area (Å²) in [7, 11) is 0. The number of aromatic nitrogens is 3. The summed E-state index contributed by atoms with van der Waals surface area (Å²) in [5, 5.41) is 13.2. The van der Waals surface area contributed by atoms with Crippen LogP contribution in [0.1, 0.15) is 117 Å². The van der Waals surface area contributed by atoms with Gasteiger partial charge in [-0.3, -0.25) is 19.0 Å². The molecule has 0 fully saturated rings. The van der Waals surface area contributed by atoms with Crippen LogP contribution in [0.3, 0.4) is 0 Å². The second kappa shape index (κ2) is 25.0. The number of nitrogens with zero attached hydrogens (tertiary/aromatic N) is 2. The quantitative estimate of drug-likeness (QED) is 0.0469. The van der Waals surface area contributed by atoms with Crippen molar-refractivity contribution in [2.75, 3.05) is 6.61 Å². The van der Waals surface area contributed by atoms with E-state index in [-0.39, 0.29) is 35.8 Å². The third kappa shape index (κ3) is 14.2. The molecule has 0 saturated heterocycles. The Balaban J connectivity index is 0.792. The molecule has 2 amide bonds. The van der Waals surface area contributed by atoms with Gasteiger partial charge in [-0.05, 0) is 121 Å². The monoisotopic (exact) mass is 956 g/mol. The first-order chi connectivity index (χ1) is 34.7. The zero-order chi connectivity index (χ0) is 49.4. The maximum atomic E-state index is 15.4. The van der Waals surface area contributed by atoms with Crippen molar-refractivity contribution in [1.29, 1.82) is 0 Å². The largest absolute Gasteiger partial charge is 0.508 e. The summed E-state index contributed by atoms with van der Waals surface area (Å²) >= 11 is 0. The van der Waals surface area contributed by atoms with Crippen molar-refractivity contribution in [3.05, 3.63) is 201 Å². The number of imidazole rings is 1. The van der Waals surface area contributed by atoms with Crippen LogP contribution < -0.4 is 21.3 Å². The molecule has 5 aromatic carbocycles. The predicted molar refractivity (Wildman–Crippen MR) is 278 cm³/mol. The van der Waals surface area contributed by atoms with Gasteiger partial charge in [0.25, 0.3) is 5.56 Å². The number of aromatic hydroxyl groups is 1. The number of nitrogens with two attached hydrogens (primary N) is 1. The van der Waals surface area contributed by atoms with Crippen LogP contribution >= 0.6 is 0 Å². The highest BCUT2D eigenvalue weighted by Gasteiger charge is 2.26. The predicted octanol–water partition coefficient (Wildman–Crippen LogP) is 11.7. The SMILES string of the molecule is NC(=O)C(CCCCCCCCOc1ccc(Cc2nc3c(Cc4ccccc4)[nH]c(-c4ccc(O)cc4)cn-3c2=O)cc1F)CC(=O)N/C1=C(\Cc2ccccc2)C(Cc2ccccc2)CCCCC1. The summed E-state index contributed by atoms with van der Waals surface area (Å²) in [4.78, 5) is 48.3. The maximum Gasteiger partial charge on any atom is 0.278 e. The van der Waals surface area contributed by atoms with E-state index >= 15 is 4.39 Å². The number of fused-ring (bicyclic) bond motifs is 1. The number of phenolic OH excluding ortho intramolecular Hbond substituents is 1. The molecule has 10 nitrogen and oxygen atoms in total. The van der Waals surface area contributed by atoms with Crippen LogP contribution in [-0.2, 0) is 35.3 Å². The number of amides is 2. The number of ether oxygens (including phenoxy) is 1. The molecule has 0 radical (unpaired) electrons. The van der Waals surface area contributed by atoms with Crippen molar-refractivity contribution in [3.8, 4) is 28.6 Å². The number of phenols is 1. The number of halogens is 1. The van der Waals surface area contributed by atoms with Gasteiger partial charge in [0.1, 0.15) is 11.4 Å². The Morgan fingerprint density at radius 3 is 2.13 bits per heavy atom. The van der Waals surface area contributed by atoms with Gasteiger partial charge in [0.2, 0.25) is 11.8 Å². The number of hydrogen-bond acceptors (Lipinski definition) is 6. The Hall–Kier alpha value is -7.27. The summed E-state index contributed by atoms with van der Waals surface area (Å²) in [6.45, 7) is 0.368. The number of carbonyl (C=O) groups is 2. The van der Waals surface area contributed by atoms with E-state index in [1.807, 2.05) is 42.5 Å². The van der Waals surface area contributed by atoms with Crippen molar-refractivity contribution < 1.29 is 23.8 Å². The van der Waals surface area contributed by atoms with E-state index in [0.717, 1.165) is 106 Å². The van der Waals surface area contributed by atoms with Crippen LogP contribution in [-0.4, -0.2) is 38.1 Å². The first-order valence-electron chi connectivity index (χ1n) is 25.4. The average molecular weight is 956 g/mol. The van der Waals surface area contributed by atoms with Crippen LogP contribution in [0.2, 0.25) is 0 Å². The molecule has 2 heterocycles. The van der Waals surface area contributed by atoms with E-state index in [4.69, 9.17) is 15.5 Å². The first-order valence-corrected chi connectivity index (χ1v) is 25.4. The molecule has 3 aliphatic rings. The van der Waals surface area contributed by atoms with E-state index < -0.39 is 17.6 Å². The van der Waals surface area contributed by atoms with E-state index in [0.29, 0.717) is 48.1 Å². The zero-order valence-electron chi connectivity index (χ0n) is 40.6. The third-order valence-corrected chi connectivity index (χ3v) is 13.8. The van der Waals surface area contributed by atoms with Crippen LogP contribution in [0.4, 0.5) is 4.39 Å². The number of nitrogens with one attached hydrogen (secondary N) is 2. The Kier molecular flexibility index (Phi) is 17.7. The summed E-state index contributed by atoms with van der Waals surface area (Å²) in [5.41, 5.74) is 14.6. The minimum atomic E-state index is -0.527. The number of rotatable bonds is 23. The number of aromatic amines is 1. The number of carbonyl (C=O) groups excluding carboxylic acids is 2. The lowest BCUT2D eigenvalue weighted by atomic mass is 9.80. The summed E-state index contributed by atoms with van der Waals surface area (Å²) < 4.78 is 22.8. The number of hydrogen-bond donors (Lipinski definition) is 4. The van der Waals surface area contributed by atoms with Crippen LogP contribution in [0, 0.1) is 17.7 Å². The third-order valence-electron chi connectivity index (χ3n) is 13.8. The van der Waals surface area contributed by atoms with Gasteiger partial charge in [0.15, 0.2) is 17.4 Å². The fraction of sp³-hybridized carbons (Fsp3) is 0.333. The molecule has 0 spiro atoms. The van der Waals surface area contributed by atoms with Gasteiger partial charge in [0.05, 0.1) is 18.0 Å². The van der Waals surface area contributed by atoms with Crippen LogP contribution in [0.5, 0.6) is 11.5 Å². The minimum Gasteiger partial charge on any atom is -0.508 e. The molecule has 0 aromatic heterocycles. The molecule has 0 saturated carbocycles. The lowest BCUT2D eigenvalue weighted by Gasteiger charge is -2.28. The van der Waals surface area contributed by atoms with Gasteiger partial charge in [0, 0.05) is 37.1 Å². The molecule has 2 aliphatic heterocycles. The number of H-pyrrole nitrogens is 1. The second-order valence-corrected chi connectivity index (χ2v) is 19.1. The average Bonchev–Trinajstić information content (AvgIpc) is 3.69. The zero-order valence-corrected chi connectivity index (χ0v) is 40.6. The second-order valence-electron chi connectivity index (χ2n) is 19.1. The Bertz CT molecular complexity index is 2880. The fourth-order valence-electron chi connectivity index (χ4n) is 9.92. The Labute approximate surface area is 416 Å². The number of primary amides is 1. The molecular formula is C60H66FN5O5. The lowest BCUT2D eigenvalue weighted by Crippen LogP contribution is -2.33. The van der Waals surface area contributed by atoms with Crippen molar-refractivity contribution in [2.45, 2.75) is 109 Å². The van der Waals surface area contributed by atoms with Crippen LogP contribution in [0.25, 0.3) is 17.1 Å². The molecule has 2 atom stereocenters. The molecule has 368 valence electrons. The molecule has 8 rings (SSSR count). The highest BCUT2D eigenvalue weighted by Crippen LogP contribution is 2.33. The van der Waals surface area contributed by atoms with Crippen molar-refractivity contribution >= 4 is 11.8 Å². The van der Waals surface area contributed by atoms with Gasteiger partial charge >= 0.3 is 0 Å². The molecule has 5 N–H and O–H groups in total. The molecule has 5 aromatic rings. The van der Waals surface area contributed by atoms with Gasteiger partial charge < -0.3 is 25.9 Å². The van der Waals surface area contributed by atoms with Gasteiger partial charge in [-0.2, -0.15) is 0 Å². The van der Waals surface area contributed by atoms with Crippen molar-refractivity contribution in [3.63, 3.8) is 0 Å². The minimum absolute atomic E-state index is 0.0779. The molecule has 11 heteroatoms. The smallest absolute Gasteiger partial charge is 0.278 e. The molecule has 0 bridgehead atoms. The fourth-order valence-corrected chi connectivity index (χ4v) is 9.92. The highest BCUT2D eigenvalue weighted by molar-refractivity contribution is 5.85. The molecule has 2 unspecified atom stereocenters. The van der Waals surface area contributed by atoms with Gasteiger partial charge in [-0.15, -0.1) is 0 Å². The van der Waals surface area contributed by atoms with Gasteiger partial charge in [-0.1, -0.05) is 142 Å². The van der Waals surface area contributed by atoms with Gasteiger partial charge in [-0.25, -0.2) is 9.37 Å². The Morgan fingerprint density at radius 1 is 0.775 bits per heavy atom. The first kappa shape index (κ1) is 50.1. The summed E-state index contributed by atoms with van der Waals surface area (Å²) in [5.74, 6) is -0.473. The summed E-state index contributed by atoms with van der Waals surface area (Å²) in [6, 6.07) is 42.5. The van der Waals surface area contributed by atoms with E-state index in [1.54, 1.807) is 47.2 Å². The Morgan fingerprint density at radius 2 is 1.44 bits per heavy atom. The summed E-state index contributed by atoms with van der Waals surface area (Å²) in [6.07, 6.45) is 15.2. The maximum absolute atomic E-state index is 15.4. The number of benzene rings is 5. The number of unbranched alkanes of at least 4 members (excludes halogenated alkanes) is 5. The lowest BCUT2D eigenvalue weighted by molar-refractivity contribution is -0.128.